The summed E-state index contributed by atoms with van der Waals surface area (Å²) in [5, 5.41) is 3.89. The lowest BCUT2D eigenvalue weighted by Gasteiger charge is -2.15. The fraction of sp³-hybridized carbons (Fsp3) is 0.214. The molecule has 2 rings (SSSR count). The van der Waals surface area contributed by atoms with Crippen molar-refractivity contribution in [3.8, 4) is 0 Å². The van der Waals surface area contributed by atoms with Crippen molar-refractivity contribution < 1.29 is 27.2 Å². The minimum Gasteiger partial charge on any atom is -0.467 e. The number of nitrogens with one attached hydrogen (secondary N) is 3. The number of rotatable bonds is 6. The minimum atomic E-state index is -3.79. The summed E-state index contributed by atoms with van der Waals surface area (Å²) < 4.78 is 30.3. The Bertz CT molecular complexity index is 861. The third kappa shape index (κ3) is 5.15. The monoisotopic (exact) mass is 400 g/mol. The van der Waals surface area contributed by atoms with Crippen LogP contribution in [0, 0.1) is 0 Å². The largest absolute Gasteiger partial charge is 0.467 e. The molecule has 0 saturated heterocycles. The van der Waals surface area contributed by atoms with Crippen molar-refractivity contribution in [1.82, 2.24) is 20.5 Å². The highest BCUT2D eigenvalue weighted by Crippen LogP contribution is 2.19. The molecule has 0 spiro atoms. The summed E-state index contributed by atoms with van der Waals surface area (Å²) in [5.74, 6) is -2.44. The number of hydrazine groups is 1. The highest BCUT2D eigenvalue weighted by molar-refractivity contribution is 7.91. The van der Waals surface area contributed by atoms with Gasteiger partial charge in [0.05, 0.1) is 19.4 Å². The standard InChI is InChI=1S/C14H16N4O6S2/c1-18(26(22,23)12-5-3-7-25-12)9-11(19)16-17-14(21)13(20)15-8-10-4-2-6-24-10/h2-7H,8-9H2,1H3,(H,15,20)(H,16,19)(H,17,21). The first-order valence-electron chi connectivity index (χ1n) is 7.20. The molecule has 0 radical (unpaired) electrons. The van der Waals surface area contributed by atoms with E-state index in [0.717, 1.165) is 15.6 Å². The molecule has 0 aliphatic carbocycles. The molecule has 0 aliphatic rings. The first-order valence-corrected chi connectivity index (χ1v) is 9.52. The lowest BCUT2D eigenvalue weighted by atomic mass is 10.4. The summed E-state index contributed by atoms with van der Waals surface area (Å²) in [7, 11) is -2.56. The molecule has 2 aromatic rings. The van der Waals surface area contributed by atoms with Crippen molar-refractivity contribution in [2.24, 2.45) is 0 Å². The van der Waals surface area contributed by atoms with Crippen LogP contribution in [0.15, 0.2) is 44.5 Å². The SMILES string of the molecule is CN(CC(=O)NNC(=O)C(=O)NCc1ccco1)S(=O)(=O)c1cccs1. The molecular formula is C14H16N4O6S2. The van der Waals surface area contributed by atoms with Crippen molar-refractivity contribution in [2.75, 3.05) is 13.6 Å². The first kappa shape index (κ1) is 19.6. The van der Waals surface area contributed by atoms with Crippen molar-refractivity contribution in [3.05, 3.63) is 41.7 Å². The van der Waals surface area contributed by atoms with Crippen LogP contribution in [0.5, 0.6) is 0 Å². The zero-order valence-electron chi connectivity index (χ0n) is 13.6. The van der Waals surface area contributed by atoms with E-state index in [4.69, 9.17) is 4.42 Å². The predicted molar refractivity (Wildman–Crippen MR) is 91.0 cm³/mol. The van der Waals surface area contributed by atoms with E-state index in [-0.39, 0.29) is 10.8 Å². The van der Waals surface area contributed by atoms with E-state index in [1.54, 1.807) is 23.6 Å². The Morgan fingerprint density at radius 3 is 2.54 bits per heavy atom. The fourth-order valence-electron chi connectivity index (χ4n) is 1.73. The Hall–Kier alpha value is -2.70. The van der Waals surface area contributed by atoms with Gasteiger partial charge in [-0.2, -0.15) is 4.31 Å². The summed E-state index contributed by atoms with van der Waals surface area (Å²) >= 11 is 1.02. The van der Waals surface area contributed by atoms with Gasteiger partial charge in [0.15, 0.2) is 0 Å². The molecule has 0 unspecified atom stereocenters. The number of likely N-dealkylation sites (N-methyl/N-ethyl adjacent to an activating group) is 1. The zero-order valence-corrected chi connectivity index (χ0v) is 15.2. The third-order valence-electron chi connectivity index (χ3n) is 3.05. The Morgan fingerprint density at radius 2 is 1.92 bits per heavy atom. The molecule has 0 atom stereocenters. The molecule has 140 valence electrons. The number of carbonyl (C=O) groups is 3. The molecular weight excluding hydrogens is 384 g/mol. The van der Waals surface area contributed by atoms with E-state index in [0.29, 0.717) is 5.76 Å². The highest BCUT2D eigenvalue weighted by atomic mass is 32.2. The molecule has 10 nitrogen and oxygen atoms in total. The van der Waals surface area contributed by atoms with Crippen LogP contribution in [0.1, 0.15) is 5.76 Å². The first-order chi connectivity index (χ1) is 12.3. The van der Waals surface area contributed by atoms with Crippen molar-refractivity contribution >= 4 is 39.1 Å². The average molecular weight is 400 g/mol. The zero-order chi connectivity index (χ0) is 19.2. The van der Waals surface area contributed by atoms with Crippen LogP contribution in [0.25, 0.3) is 0 Å². The molecule has 0 bridgehead atoms. The van der Waals surface area contributed by atoms with Gasteiger partial charge in [-0.3, -0.25) is 25.2 Å². The van der Waals surface area contributed by atoms with Gasteiger partial charge in [-0.05, 0) is 23.6 Å². The lowest BCUT2D eigenvalue weighted by Crippen LogP contribution is -2.50. The number of hydrogen-bond donors (Lipinski definition) is 3. The maximum atomic E-state index is 12.2. The minimum absolute atomic E-state index is 0.00892. The van der Waals surface area contributed by atoms with Crippen LogP contribution in [0.4, 0.5) is 0 Å². The molecule has 0 saturated carbocycles. The highest BCUT2D eigenvalue weighted by Gasteiger charge is 2.24. The second kappa shape index (κ2) is 8.60. The van der Waals surface area contributed by atoms with Gasteiger partial charge in [0.1, 0.15) is 9.97 Å². The normalized spacial score (nSPS) is 11.2. The molecule has 3 N–H and O–H groups in total. The maximum absolute atomic E-state index is 12.2. The number of nitrogens with zero attached hydrogens (tertiary/aromatic N) is 1. The van der Waals surface area contributed by atoms with E-state index in [1.807, 2.05) is 10.9 Å². The van der Waals surface area contributed by atoms with Gasteiger partial charge in [-0.15, -0.1) is 11.3 Å². The molecule has 2 heterocycles. The second-order valence-corrected chi connectivity index (χ2v) is 8.18. The summed E-state index contributed by atoms with van der Waals surface area (Å²) in [6.07, 6.45) is 1.42. The van der Waals surface area contributed by atoms with Crippen LogP contribution in [0.2, 0.25) is 0 Å². The average Bonchev–Trinajstić information content (AvgIpc) is 3.30. The molecule has 12 heteroatoms. The lowest BCUT2D eigenvalue weighted by molar-refractivity contribution is -0.141. The quantitative estimate of drug-likeness (QED) is 0.438. The van der Waals surface area contributed by atoms with E-state index in [9.17, 15) is 22.8 Å². The Balaban J connectivity index is 1.77. The van der Waals surface area contributed by atoms with Crippen LogP contribution >= 0.6 is 11.3 Å². The number of hydrogen-bond acceptors (Lipinski definition) is 7. The van der Waals surface area contributed by atoms with Gasteiger partial charge in [-0.25, -0.2) is 8.42 Å². The Labute approximate surface area is 153 Å². The Morgan fingerprint density at radius 1 is 1.15 bits per heavy atom. The predicted octanol–water partition coefficient (Wildman–Crippen LogP) is -0.575. The summed E-state index contributed by atoms with van der Waals surface area (Å²) in [6.45, 7) is -0.524. The number of carbonyl (C=O) groups excluding carboxylic acids is 3. The Kier molecular flexibility index (Phi) is 6.49. The van der Waals surface area contributed by atoms with E-state index in [2.05, 4.69) is 5.32 Å². The molecule has 0 fully saturated rings. The van der Waals surface area contributed by atoms with Crippen LogP contribution < -0.4 is 16.2 Å². The topological polar surface area (TPSA) is 138 Å². The summed E-state index contributed by atoms with van der Waals surface area (Å²) in [5.41, 5.74) is 3.88. The maximum Gasteiger partial charge on any atom is 0.327 e. The molecule has 0 aliphatic heterocycles. The fourth-order valence-corrected chi connectivity index (χ4v) is 4.06. The van der Waals surface area contributed by atoms with Gasteiger partial charge in [0.25, 0.3) is 15.9 Å². The van der Waals surface area contributed by atoms with Crippen LogP contribution in [-0.2, 0) is 31.0 Å². The van der Waals surface area contributed by atoms with Crippen LogP contribution in [0.3, 0.4) is 0 Å². The van der Waals surface area contributed by atoms with Crippen molar-refractivity contribution in [1.29, 1.82) is 0 Å². The number of furan rings is 1. The number of sulfonamides is 1. The number of thiophene rings is 1. The summed E-state index contributed by atoms with van der Waals surface area (Å²) in [4.78, 5) is 34.9. The van der Waals surface area contributed by atoms with Crippen LogP contribution in [-0.4, -0.2) is 44.0 Å². The molecule has 0 aromatic carbocycles. The summed E-state index contributed by atoms with van der Waals surface area (Å²) in [6, 6.07) is 6.24. The molecule has 2 aromatic heterocycles. The smallest absolute Gasteiger partial charge is 0.327 e. The van der Waals surface area contributed by atoms with Crippen molar-refractivity contribution in [2.45, 2.75) is 10.8 Å². The van der Waals surface area contributed by atoms with Crippen molar-refractivity contribution in [3.63, 3.8) is 0 Å². The third-order valence-corrected chi connectivity index (χ3v) is 6.23. The van der Waals surface area contributed by atoms with E-state index in [1.165, 1.54) is 19.4 Å². The number of amides is 3. The second-order valence-electron chi connectivity index (χ2n) is 4.96. The van der Waals surface area contributed by atoms with Gasteiger partial charge >= 0.3 is 11.8 Å². The van der Waals surface area contributed by atoms with Gasteiger partial charge < -0.3 is 9.73 Å². The molecule has 26 heavy (non-hydrogen) atoms. The van der Waals surface area contributed by atoms with E-state index >= 15 is 0 Å². The van der Waals surface area contributed by atoms with E-state index < -0.39 is 34.3 Å². The molecule has 3 amide bonds. The van der Waals surface area contributed by atoms with Gasteiger partial charge in [-0.1, -0.05) is 6.07 Å². The van der Waals surface area contributed by atoms with Gasteiger partial charge in [0.2, 0.25) is 0 Å². The van der Waals surface area contributed by atoms with Gasteiger partial charge in [0, 0.05) is 7.05 Å².